The van der Waals surface area contributed by atoms with E-state index in [9.17, 15) is 4.79 Å². The minimum Gasteiger partial charge on any atom is -0.311 e. The van der Waals surface area contributed by atoms with Crippen LogP contribution >= 0.6 is 34.8 Å². The van der Waals surface area contributed by atoms with E-state index >= 15 is 0 Å². The van der Waals surface area contributed by atoms with E-state index in [-0.39, 0.29) is 0 Å². The van der Waals surface area contributed by atoms with Crippen LogP contribution in [0.2, 0.25) is 0 Å². The number of allylic oxidation sites excluding steroid dienone is 1. The van der Waals surface area contributed by atoms with E-state index in [1.807, 2.05) is 36.5 Å². The van der Waals surface area contributed by atoms with Crippen molar-refractivity contribution in [3.05, 3.63) is 47.7 Å². The van der Waals surface area contributed by atoms with Gasteiger partial charge in [-0.1, -0.05) is 77.1 Å². The van der Waals surface area contributed by atoms with Gasteiger partial charge in [0.05, 0.1) is 6.54 Å². The molecule has 1 fully saturated rings. The van der Waals surface area contributed by atoms with Gasteiger partial charge in [-0.15, -0.1) is 0 Å². The fourth-order valence-electron chi connectivity index (χ4n) is 2.47. The third-order valence-electron chi connectivity index (χ3n) is 3.53. The monoisotopic (exact) mass is 345 g/mol. The zero-order valence-electron chi connectivity index (χ0n) is 11.7. The van der Waals surface area contributed by atoms with Gasteiger partial charge in [0, 0.05) is 6.20 Å². The minimum absolute atomic E-state index is 0.414. The molecule has 0 heterocycles. The van der Waals surface area contributed by atoms with Crippen LogP contribution in [0.1, 0.15) is 37.7 Å². The zero-order chi connectivity index (χ0) is 15.3. The number of carbonyl (C=O) groups excluding carboxylic acids is 1. The predicted octanol–water partition coefficient (Wildman–Crippen LogP) is 5.23. The maximum absolute atomic E-state index is 12.3. The maximum Gasteiger partial charge on any atom is 0.278 e. The largest absolute Gasteiger partial charge is 0.311 e. The van der Waals surface area contributed by atoms with Gasteiger partial charge < -0.3 is 4.90 Å². The van der Waals surface area contributed by atoms with Crippen LogP contribution in [0.4, 0.5) is 0 Å². The highest BCUT2D eigenvalue weighted by atomic mass is 35.6. The summed E-state index contributed by atoms with van der Waals surface area (Å²) in [5, 5.41) is 0. The Morgan fingerprint density at radius 1 is 1.10 bits per heavy atom. The number of alkyl halides is 3. The van der Waals surface area contributed by atoms with Crippen LogP contribution in [-0.2, 0) is 11.3 Å². The molecule has 1 aromatic rings. The number of amides is 1. The molecule has 0 atom stereocenters. The first-order valence-electron chi connectivity index (χ1n) is 7.08. The van der Waals surface area contributed by atoms with Gasteiger partial charge >= 0.3 is 0 Å². The number of carbonyl (C=O) groups is 1. The Bertz CT molecular complexity index is 500. The van der Waals surface area contributed by atoms with Crippen LogP contribution in [0.25, 0.3) is 0 Å². The summed E-state index contributed by atoms with van der Waals surface area (Å²) in [6, 6.07) is 9.71. The Labute approximate surface area is 140 Å². The van der Waals surface area contributed by atoms with E-state index in [0.717, 1.165) is 31.2 Å². The average molecular weight is 347 g/mol. The summed E-state index contributed by atoms with van der Waals surface area (Å²) in [5.74, 6) is -0.505. The van der Waals surface area contributed by atoms with E-state index in [2.05, 4.69) is 0 Å². The van der Waals surface area contributed by atoms with Crippen molar-refractivity contribution in [2.45, 2.75) is 42.4 Å². The van der Waals surface area contributed by atoms with Crippen molar-refractivity contribution >= 4 is 40.7 Å². The Balaban J connectivity index is 2.19. The maximum atomic E-state index is 12.3. The van der Waals surface area contributed by atoms with Crippen molar-refractivity contribution < 1.29 is 4.79 Å². The molecule has 2 rings (SSSR count). The molecule has 1 aliphatic carbocycles. The van der Waals surface area contributed by atoms with Gasteiger partial charge in [0.25, 0.3) is 9.70 Å². The molecule has 2 nitrogen and oxygen atoms in total. The summed E-state index contributed by atoms with van der Waals surface area (Å²) in [5.41, 5.74) is 2.26. The average Bonchev–Trinajstić information content (AvgIpc) is 2.47. The molecule has 5 heteroatoms. The van der Waals surface area contributed by atoms with Gasteiger partial charge in [0.1, 0.15) is 0 Å². The molecule has 1 saturated carbocycles. The second-order valence-corrected chi connectivity index (χ2v) is 7.55. The number of hydrogen-bond acceptors (Lipinski definition) is 1. The van der Waals surface area contributed by atoms with Gasteiger partial charge in [-0.2, -0.15) is 0 Å². The first-order chi connectivity index (χ1) is 9.97. The Kier molecular flexibility index (Phi) is 5.98. The Morgan fingerprint density at radius 2 is 1.71 bits per heavy atom. The van der Waals surface area contributed by atoms with Gasteiger partial charge in [-0.05, 0) is 31.2 Å². The molecule has 1 amide bonds. The molecule has 0 aromatic heterocycles. The molecule has 0 bridgehead atoms. The standard InChI is InChI=1S/C16H18Cl3NO/c17-16(18,19)15(21)20(11-13-7-3-1-4-8-13)12-14-9-5-2-6-10-14/h1,3-4,7-8,12H,2,5-6,9-11H2. The third kappa shape index (κ3) is 5.21. The van der Waals surface area contributed by atoms with Gasteiger partial charge in [0.2, 0.25) is 0 Å². The van der Waals surface area contributed by atoms with Crippen molar-refractivity contribution in [1.82, 2.24) is 4.90 Å². The molecular weight excluding hydrogens is 329 g/mol. The fourth-order valence-corrected chi connectivity index (χ4v) is 2.80. The van der Waals surface area contributed by atoms with Crippen molar-refractivity contribution in [2.75, 3.05) is 0 Å². The molecule has 1 aromatic carbocycles. The topological polar surface area (TPSA) is 20.3 Å². The summed E-state index contributed by atoms with van der Waals surface area (Å²) < 4.78 is -1.93. The van der Waals surface area contributed by atoms with Crippen LogP contribution in [0.5, 0.6) is 0 Å². The van der Waals surface area contributed by atoms with E-state index < -0.39 is 9.70 Å². The van der Waals surface area contributed by atoms with Crippen molar-refractivity contribution in [3.8, 4) is 0 Å². The molecule has 114 valence electrons. The van der Waals surface area contributed by atoms with Crippen LogP contribution in [-0.4, -0.2) is 14.6 Å². The lowest BCUT2D eigenvalue weighted by molar-refractivity contribution is -0.128. The molecule has 0 unspecified atom stereocenters. The summed E-state index contributed by atoms with van der Waals surface area (Å²) in [7, 11) is 0. The van der Waals surface area contributed by atoms with Crippen molar-refractivity contribution in [2.24, 2.45) is 0 Å². The van der Waals surface area contributed by atoms with E-state index in [1.165, 1.54) is 16.9 Å². The highest BCUT2D eigenvalue weighted by Crippen LogP contribution is 2.31. The molecule has 0 aliphatic heterocycles. The van der Waals surface area contributed by atoms with Gasteiger partial charge in [0.15, 0.2) is 0 Å². The first kappa shape index (κ1) is 16.7. The van der Waals surface area contributed by atoms with Gasteiger partial charge in [-0.25, -0.2) is 0 Å². The summed E-state index contributed by atoms with van der Waals surface area (Å²) in [4.78, 5) is 13.9. The summed E-state index contributed by atoms with van der Waals surface area (Å²) >= 11 is 17.3. The fraction of sp³-hybridized carbons (Fsp3) is 0.438. The molecule has 0 N–H and O–H groups in total. The van der Waals surface area contributed by atoms with Gasteiger partial charge in [-0.3, -0.25) is 4.79 Å². The normalized spacial score (nSPS) is 15.7. The van der Waals surface area contributed by atoms with Crippen LogP contribution in [0.3, 0.4) is 0 Å². The first-order valence-corrected chi connectivity index (χ1v) is 8.21. The predicted molar refractivity (Wildman–Crippen MR) is 88.5 cm³/mol. The lowest BCUT2D eigenvalue weighted by atomic mass is 9.95. The highest BCUT2D eigenvalue weighted by Gasteiger charge is 2.34. The molecule has 0 radical (unpaired) electrons. The highest BCUT2D eigenvalue weighted by molar-refractivity contribution is 6.76. The molecule has 1 aliphatic rings. The smallest absolute Gasteiger partial charge is 0.278 e. The second kappa shape index (κ2) is 7.53. The van der Waals surface area contributed by atoms with Crippen LogP contribution < -0.4 is 0 Å². The number of benzene rings is 1. The second-order valence-electron chi connectivity index (χ2n) is 5.26. The molecule has 0 saturated heterocycles. The lowest BCUT2D eigenvalue weighted by Crippen LogP contribution is -2.35. The van der Waals surface area contributed by atoms with Crippen molar-refractivity contribution in [3.63, 3.8) is 0 Å². The van der Waals surface area contributed by atoms with E-state index in [1.54, 1.807) is 0 Å². The van der Waals surface area contributed by atoms with E-state index in [0.29, 0.717) is 6.54 Å². The summed E-state index contributed by atoms with van der Waals surface area (Å²) in [6.07, 6.45) is 7.46. The zero-order valence-corrected chi connectivity index (χ0v) is 14.0. The van der Waals surface area contributed by atoms with E-state index in [4.69, 9.17) is 34.8 Å². The van der Waals surface area contributed by atoms with Crippen molar-refractivity contribution in [1.29, 1.82) is 0 Å². The van der Waals surface area contributed by atoms with Crippen LogP contribution in [0, 0.1) is 0 Å². The number of rotatable bonds is 3. The number of halogens is 3. The molecular formula is C16H18Cl3NO. The van der Waals surface area contributed by atoms with Crippen LogP contribution in [0.15, 0.2) is 42.1 Å². The number of hydrogen-bond donors (Lipinski definition) is 0. The minimum atomic E-state index is -1.93. The Morgan fingerprint density at radius 3 is 2.29 bits per heavy atom. The third-order valence-corrected chi connectivity index (χ3v) is 4.02. The molecule has 21 heavy (non-hydrogen) atoms. The lowest BCUT2D eigenvalue weighted by Gasteiger charge is -2.25. The SMILES string of the molecule is O=C(N(C=C1CCCCC1)Cc1ccccc1)C(Cl)(Cl)Cl. The quantitative estimate of drug-likeness (QED) is 0.686. The summed E-state index contributed by atoms with van der Waals surface area (Å²) in [6.45, 7) is 0.414. The molecule has 0 spiro atoms. The number of nitrogens with zero attached hydrogens (tertiary/aromatic N) is 1. The Hall–Kier alpha value is -0.700.